The maximum Gasteiger partial charge on any atom is 0.246 e. The Bertz CT molecular complexity index is 280. The number of Topliss-reactive ketones (excluding diaryl/α,β-unsaturated/α-hetero) is 1. The third kappa shape index (κ3) is 12.1. The van der Waals surface area contributed by atoms with Crippen LogP contribution in [0.15, 0.2) is 0 Å². The van der Waals surface area contributed by atoms with Crippen LogP contribution in [-0.4, -0.2) is 57.2 Å². The second kappa shape index (κ2) is 11.8. The van der Waals surface area contributed by atoms with Crippen molar-refractivity contribution in [1.29, 1.82) is 0 Å². The van der Waals surface area contributed by atoms with Crippen molar-refractivity contribution >= 4 is 11.7 Å². The standard InChI is InChI=1S/C14H28N2O4/c1-11(2)13(17)9-20-10-14(18)16-6-8-19-7-5-15-12(3)4/h11-12,15H,5-10H2,1-4H3,(H,16,18). The first-order chi connectivity index (χ1) is 9.43. The molecule has 2 N–H and O–H groups in total. The Morgan fingerprint density at radius 3 is 2.20 bits per heavy atom. The van der Waals surface area contributed by atoms with Gasteiger partial charge in [0.1, 0.15) is 13.2 Å². The average Bonchev–Trinajstić information content (AvgIpc) is 2.36. The maximum absolute atomic E-state index is 11.4. The Kier molecular flexibility index (Phi) is 11.2. The van der Waals surface area contributed by atoms with Gasteiger partial charge in [-0.15, -0.1) is 0 Å². The molecule has 6 heteroatoms. The lowest BCUT2D eigenvalue weighted by Gasteiger charge is -2.09. The van der Waals surface area contributed by atoms with Crippen LogP contribution >= 0.6 is 0 Å². The lowest BCUT2D eigenvalue weighted by molar-refractivity contribution is -0.131. The zero-order valence-corrected chi connectivity index (χ0v) is 13.0. The molecule has 0 spiro atoms. The quantitative estimate of drug-likeness (QED) is 0.507. The topological polar surface area (TPSA) is 76.7 Å². The molecule has 0 unspecified atom stereocenters. The maximum atomic E-state index is 11.4. The molecule has 20 heavy (non-hydrogen) atoms. The Labute approximate surface area is 121 Å². The molecule has 0 atom stereocenters. The molecule has 0 bridgehead atoms. The summed E-state index contributed by atoms with van der Waals surface area (Å²) in [6.07, 6.45) is 0. The highest BCUT2D eigenvalue weighted by Gasteiger charge is 2.08. The zero-order chi connectivity index (χ0) is 15.4. The monoisotopic (exact) mass is 288 g/mol. The van der Waals surface area contributed by atoms with E-state index in [1.807, 2.05) is 0 Å². The van der Waals surface area contributed by atoms with Gasteiger partial charge in [-0.3, -0.25) is 9.59 Å². The van der Waals surface area contributed by atoms with Crippen molar-refractivity contribution in [3.05, 3.63) is 0 Å². The Morgan fingerprint density at radius 2 is 1.60 bits per heavy atom. The van der Waals surface area contributed by atoms with Gasteiger partial charge in [0.25, 0.3) is 0 Å². The molecule has 1 amide bonds. The van der Waals surface area contributed by atoms with Crippen LogP contribution in [0.3, 0.4) is 0 Å². The van der Waals surface area contributed by atoms with Gasteiger partial charge in [0, 0.05) is 25.0 Å². The van der Waals surface area contributed by atoms with Gasteiger partial charge in [-0.1, -0.05) is 27.7 Å². The van der Waals surface area contributed by atoms with Gasteiger partial charge >= 0.3 is 0 Å². The number of amides is 1. The van der Waals surface area contributed by atoms with E-state index in [9.17, 15) is 9.59 Å². The highest BCUT2D eigenvalue weighted by atomic mass is 16.5. The van der Waals surface area contributed by atoms with Crippen LogP contribution in [0, 0.1) is 5.92 Å². The summed E-state index contributed by atoms with van der Waals surface area (Å²) in [5.74, 6) is -0.296. The predicted octanol–water partition coefficient (Wildman–Crippen LogP) is 0.359. The van der Waals surface area contributed by atoms with Crippen LogP contribution in [-0.2, 0) is 19.1 Å². The summed E-state index contributed by atoms with van der Waals surface area (Å²) in [5.41, 5.74) is 0. The van der Waals surface area contributed by atoms with Crippen molar-refractivity contribution in [2.24, 2.45) is 5.92 Å². The first kappa shape index (κ1) is 19.0. The van der Waals surface area contributed by atoms with E-state index in [1.54, 1.807) is 13.8 Å². The Hall–Kier alpha value is -0.980. The fourth-order valence-electron chi connectivity index (χ4n) is 1.25. The number of hydrogen-bond acceptors (Lipinski definition) is 5. The second-order valence-corrected chi connectivity index (χ2v) is 5.18. The lowest BCUT2D eigenvalue weighted by Crippen LogP contribution is -2.32. The van der Waals surface area contributed by atoms with E-state index in [0.29, 0.717) is 25.8 Å². The third-order valence-electron chi connectivity index (χ3n) is 2.49. The molecule has 0 radical (unpaired) electrons. The van der Waals surface area contributed by atoms with Crippen LogP contribution in [0.1, 0.15) is 27.7 Å². The van der Waals surface area contributed by atoms with Gasteiger partial charge in [-0.05, 0) is 0 Å². The predicted molar refractivity (Wildman–Crippen MR) is 77.6 cm³/mol. The third-order valence-corrected chi connectivity index (χ3v) is 2.49. The highest BCUT2D eigenvalue weighted by Crippen LogP contribution is 1.94. The molecule has 0 aromatic carbocycles. The zero-order valence-electron chi connectivity index (χ0n) is 13.0. The Morgan fingerprint density at radius 1 is 0.950 bits per heavy atom. The molecule has 0 rings (SSSR count). The molecule has 6 nitrogen and oxygen atoms in total. The van der Waals surface area contributed by atoms with Gasteiger partial charge in [-0.25, -0.2) is 0 Å². The molecule has 0 aliphatic rings. The second-order valence-electron chi connectivity index (χ2n) is 5.18. The first-order valence-electron chi connectivity index (χ1n) is 7.11. The molecule has 0 heterocycles. The molecule has 0 aromatic rings. The van der Waals surface area contributed by atoms with E-state index in [1.165, 1.54) is 0 Å². The molecule has 118 valence electrons. The van der Waals surface area contributed by atoms with Crippen molar-refractivity contribution in [1.82, 2.24) is 10.6 Å². The highest BCUT2D eigenvalue weighted by molar-refractivity contribution is 5.82. The van der Waals surface area contributed by atoms with Gasteiger partial charge in [0.15, 0.2) is 5.78 Å². The van der Waals surface area contributed by atoms with Crippen LogP contribution in [0.5, 0.6) is 0 Å². The SMILES string of the molecule is CC(C)NCCOCCNC(=O)COCC(=O)C(C)C. The smallest absolute Gasteiger partial charge is 0.246 e. The molecular weight excluding hydrogens is 260 g/mol. The largest absolute Gasteiger partial charge is 0.378 e. The number of ether oxygens (including phenoxy) is 2. The number of hydrogen-bond donors (Lipinski definition) is 2. The number of ketones is 1. The van der Waals surface area contributed by atoms with Crippen molar-refractivity contribution in [3.8, 4) is 0 Å². The van der Waals surface area contributed by atoms with E-state index >= 15 is 0 Å². The van der Waals surface area contributed by atoms with E-state index in [0.717, 1.165) is 6.54 Å². The van der Waals surface area contributed by atoms with Crippen molar-refractivity contribution in [3.63, 3.8) is 0 Å². The molecule has 0 aromatic heterocycles. The molecule has 0 aliphatic carbocycles. The van der Waals surface area contributed by atoms with Gasteiger partial charge < -0.3 is 20.1 Å². The molecule has 0 fully saturated rings. The summed E-state index contributed by atoms with van der Waals surface area (Å²) in [4.78, 5) is 22.6. The van der Waals surface area contributed by atoms with Crippen molar-refractivity contribution in [2.45, 2.75) is 33.7 Å². The van der Waals surface area contributed by atoms with Crippen LogP contribution in [0.25, 0.3) is 0 Å². The Balaban J connectivity index is 3.35. The number of carbonyl (C=O) groups is 2. The minimum Gasteiger partial charge on any atom is -0.378 e. The van der Waals surface area contributed by atoms with E-state index in [-0.39, 0.29) is 30.8 Å². The minimum atomic E-state index is -0.231. The number of nitrogens with one attached hydrogen (secondary N) is 2. The normalized spacial score (nSPS) is 11.1. The summed E-state index contributed by atoms with van der Waals surface area (Å²) in [5, 5.41) is 5.89. The summed E-state index contributed by atoms with van der Waals surface area (Å²) in [7, 11) is 0. The number of rotatable bonds is 12. The molecule has 0 saturated carbocycles. The summed E-state index contributed by atoms with van der Waals surface area (Å²) in [6, 6.07) is 0.448. The fourth-order valence-corrected chi connectivity index (χ4v) is 1.25. The average molecular weight is 288 g/mol. The first-order valence-corrected chi connectivity index (χ1v) is 7.11. The molecule has 0 saturated heterocycles. The number of carbonyl (C=O) groups excluding carboxylic acids is 2. The van der Waals surface area contributed by atoms with E-state index in [2.05, 4.69) is 24.5 Å². The van der Waals surface area contributed by atoms with Gasteiger partial charge in [0.05, 0.1) is 13.2 Å². The summed E-state index contributed by atoms with van der Waals surface area (Å²) >= 11 is 0. The van der Waals surface area contributed by atoms with Crippen LogP contribution in [0.2, 0.25) is 0 Å². The molecule has 0 aliphatic heterocycles. The van der Waals surface area contributed by atoms with E-state index < -0.39 is 0 Å². The minimum absolute atomic E-state index is 0.00112. The summed E-state index contributed by atoms with van der Waals surface area (Å²) < 4.78 is 10.4. The van der Waals surface area contributed by atoms with Gasteiger partial charge in [-0.2, -0.15) is 0 Å². The lowest BCUT2D eigenvalue weighted by atomic mass is 10.1. The molecular formula is C14H28N2O4. The van der Waals surface area contributed by atoms with Crippen LogP contribution in [0.4, 0.5) is 0 Å². The van der Waals surface area contributed by atoms with Crippen molar-refractivity contribution < 1.29 is 19.1 Å². The van der Waals surface area contributed by atoms with Gasteiger partial charge in [0.2, 0.25) is 5.91 Å². The van der Waals surface area contributed by atoms with E-state index in [4.69, 9.17) is 9.47 Å². The fraction of sp³-hybridized carbons (Fsp3) is 0.857. The van der Waals surface area contributed by atoms with Crippen molar-refractivity contribution in [2.75, 3.05) is 39.5 Å². The summed E-state index contributed by atoms with van der Waals surface area (Å²) in [6.45, 7) is 9.98. The van der Waals surface area contributed by atoms with Crippen LogP contribution < -0.4 is 10.6 Å².